The van der Waals surface area contributed by atoms with Gasteiger partial charge < -0.3 is 24.6 Å². The van der Waals surface area contributed by atoms with E-state index in [0.29, 0.717) is 23.8 Å². The number of aromatic nitrogens is 1. The van der Waals surface area contributed by atoms with Gasteiger partial charge in [0, 0.05) is 47.4 Å². The van der Waals surface area contributed by atoms with Crippen LogP contribution in [0.5, 0.6) is 11.5 Å². The predicted octanol–water partition coefficient (Wildman–Crippen LogP) is 6.13. The van der Waals surface area contributed by atoms with Crippen molar-refractivity contribution in [2.45, 2.75) is 38.9 Å². The first-order chi connectivity index (χ1) is 18.2. The highest BCUT2D eigenvalue weighted by Crippen LogP contribution is 2.46. The fraction of sp³-hybridized carbons (Fsp3) is 0.333. The predicted molar refractivity (Wildman–Crippen MR) is 146 cm³/mol. The van der Waals surface area contributed by atoms with Gasteiger partial charge in [-0.15, -0.1) is 0 Å². The number of hydrogen-bond donors (Lipinski definition) is 2. The molecule has 2 aromatic carbocycles. The monoisotopic (exact) mass is 534 g/mol. The fourth-order valence-corrected chi connectivity index (χ4v) is 5.72. The van der Waals surface area contributed by atoms with Crippen molar-refractivity contribution in [2.24, 2.45) is 5.41 Å². The van der Waals surface area contributed by atoms with Gasteiger partial charge in [0.15, 0.2) is 0 Å². The molecule has 3 heterocycles. The second kappa shape index (κ2) is 10.4. The molecule has 2 aliphatic heterocycles. The van der Waals surface area contributed by atoms with Crippen LogP contribution in [0, 0.1) is 5.41 Å². The minimum Gasteiger partial charge on any atom is -0.487 e. The summed E-state index contributed by atoms with van der Waals surface area (Å²) in [7, 11) is 0. The molecule has 3 aromatic rings. The number of likely N-dealkylation sites (tertiary alicyclic amines) is 1. The smallest absolute Gasteiger partial charge is 0.487 e. The molecule has 2 aliphatic rings. The Labute approximate surface area is 227 Å². The van der Waals surface area contributed by atoms with Gasteiger partial charge in [0.25, 0.3) is 0 Å². The number of ether oxygens (including phenoxy) is 2. The summed E-state index contributed by atoms with van der Waals surface area (Å²) in [5.41, 5.74) is 3.07. The van der Waals surface area contributed by atoms with Crippen molar-refractivity contribution >= 4 is 23.3 Å². The van der Waals surface area contributed by atoms with Crippen LogP contribution in [0.1, 0.15) is 49.1 Å². The zero-order chi connectivity index (χ0) is 26.9. The van der Waals surface area contributed by atoms with Gasteiger partial charge in [-0.3, -0.25) is 4.98 Å². The third-order valence-corrected chi connectivity index (χ3v) is 7.89. The van der Waals surface area contributed by atoms with E-state index in [1.54, 1.807) is 24.4 Å². The summed E-state index contributed by atoms with van der Waals surface area (Å²) in [4.78, 5) is 18.0. The molecule has 0 radical (unpaired) electrons. The number of nitrogens with zero attached hydrogens (tertiary/aromatic N) is 2. The van der Waals surface area contributed by atoms with Crippen LogP contribution in [-0.4, -0.2) is 45.9 Å². The van der Waals surface area contributed by atoms with E-state index in [-0.39, 0.29) is 11.2 Å². The van der Waals surface area contributed by atoms with Gasteiger partial charge in [-0.1, -0.05) is 49.7 Å². The van der Waals surface area contributed by atoms with Crippen LogP contribution >= 0.6 is 11.6 Å². The number of rotatable bonds is 5. The first-order valence-electron chi connectivity index (χ1n) is 12.7. The maximum absolute atomic E-state index is 11.7. The highest BCUT2D eigenvalue weighted by Gasteiger charge is 2.48. The summed E-state index contributed by atoms with van der Waals surface area (Å²) in [6.07, 6.45) is 3.91. The van der Waals surface area contributed by atoms with Crippen LogP contribution in [0.25, 0.3) is 5.57 Å². The quantitative estimate of drug-likeness (QED) is 0.300. The fourth-order valence-electron chi connectivity index (χ4n) is 5.59. The average Bonchev–Trinajstić information content (AvgIpc) is 3.03. The van der Waals surface area contributed by atoms with E-state index >= 15 is 0 Å². The average molecular weight is 535 g/mol. The minimum atomic E-state index is -1.36. The largest absolute Gasteiger partial charge is 0.511 e. The Kier molecular flexibility index (Phi) is 7.18. The lowest BCUT2D eigenvalue weighted by Gasteiger charge is -2.50. The van der Waals surface area contributed by atoms with E-state index in [2.05, 4.69) is 29.8 Å². The maximum atomic E-state index is 11.7. The third-order valence-electron chi connectivity index (χ3n) is 7.64. The lowest BCUT2D eigenvalue weighted by molar-refractivity contribution is -0.125. The Morgan fingerprint density at radius 1 is 1.18 bits per heavy atom. The molecule has 1 saturated heterocycles. The summed E-state index contributed by atoms with van der Waals surface area (Å²) >= 11 is 6.08. The van der Waals surface area contributed by atoms with Crippen molar-refractivity contribution in [3.05, 3.63) is 94.3 Å². The van der Waals surface area contributed by atoms with E-state index in [1.807, 2.05) is 36.4 Å². The highest BCUT2D eigenvalue weighted by atomic mass is 35.5. The molecule has 0 unspecified atom stereocenters. The van der Waals surface area contributed by atoms with Crippen LogP contribution in [0.3, 0.4) is 0 Å². The topological polar surface area (TPSA) is 92.1 Å². The number of fused-ring (bicyclic) bond motifs is 2. The van der Waals surface area contributed by atoms with E-state index in [1.165, 1.54) is 0 Å². The molecule has 1 atom stereocenters. The molecule has 2 N–H and O–H groups in total. The SMILES string of the molecule is CC1(C)CN(CCC=C2c3cc(OC(=O)O)ccc3OCc3ncccc32)CC[C@@]1(O)c1ccc(Cl)cc1. The van der Waals surface area contributed by atoms with Crippen molar-refractivity contribution in [1.29, 1.82) is 0 Å². The van der Waals surface area contributed by atoms with Crippen LogP contribution in [0.15, 0.2) is 66.9 Å². The Balaban J connectivity index is 1.38. The summed E-state index contributed by atoms with van der Waals surface area (Å²) in [5, 5.41) is 21.4. The summed E-state index contributed by atoms with van der Waals surface area (Å²) in [6, 6.07) is 16.4. The van der Waals surface area contributed by atoms with Crippen LogP contribution in [0.4, 0.5) is 4.79 Å². The van der Waals surface area contributed by atoms with Gasteiger partial charge in [-0.25, -0.2) is 4.79 Å². The molecule has 198 valence electrons. The summed E-state index contributed by atoms with van der Waals surface area (Å²) in [5.74, 6) is 0.886. The minimum absolute atomic E-state index is 0.234. The zero-order valence-corrected chi connectivity index (χ0v) is 22.2. The van der Waals surface area contributed by atoms with Crippen molar-refractivity contribution in [3.8, 4) is 11.5 Å². The molecule has 38 heavy (non-hydrogen) atoms. The van der Waals surface area contributed by atoms with Gasteiger partial charge >= 0.3 is 6.16 Å². The molecule has 0 saturated carbocycles. The number of halogens is 1. The molecule has 5 rings (SSSR count). The van der Waals surface area contributed by atoms with E-state index in [4.69, 9.17) is 26.2 Å². The normalized spacial score (nSPS) is 21.6. The van der Waals surface area contributed by atoms with E-state index in [0.717, 1.165) is 54.0 Å². The maximum Gasteiger partial charge on any atom is 0.511 e. The summed E-state index contributed by atoms with van der Waals surface area (Å²) in [6.45, 7) is 6.85. The number of pyridine rings is 1. The molecule has 7 nitrogen and oxygen atoms in total. The van der Waals surface area contributed by atoms with Gasteiger partial charge in [0.2, 0.25) is 0 Å². The van der Waals surface area contributed by atoms with Crippen molar-refractivity contribution in [2.75, 3.05) is 19.6 Å². The Morgan fingerprint density at radius 2 is 1.97 bits per heavy atom. The second-order valence-corrected chi connectivity index (χ2v) is 10.9. The standard InChI is InChI=1S/C30H31ClN2O5/c1-29(2)19-33(16-13-30(29,36)20-7-9-21(31)10-8-20)15-4-6-23-24-5-3-14-32-26(24)18-37-27-12-11-22(17-25(23)27)38-28(34)35/h3,5-12,14,17,36H,4,13,15-16,18-19H2,1-2H3,(H,34,35)/t30-/m1/s1. The molecular weight excluding hydrogens is 504 g/mol. The van der Waals surface area contributed by atoms with Crippen molar-refractivity contribution < 1.29 is 24.5 Å². The van der Waals surface area contributed by atoms with E-state index < -0.39 is 11.8 Å². The molecule has 0 spiro atoms. The Morgan fingerprint density at radius 3 is 2.71 bits per heavy atom. The van der Waals surface area contributed by atoms with Crippen molar-refractivity contribution in [3.63, 3.8) is 0 Å². The molecule has 8 heteroatoms. The highest BCUT2D eigenvalue weighted by molar-refractivity contribution is 6.30. The van der Waals surface area contributed by atoms with E-state index in [9.17, 15) is 9.90 Å². The number of aliphatic hydroxyl groups is 1. The van der Waals surface area contributed by atoms with Crippen LogP contribution < -0.4 is 9.47 Å². The molecule has 0 amide bonds. The van der Waals surface area contributed by atoms with Gasteiger partial charge in [0.1, 0.15) is 18.1 Å². The van der Waals surface area contributed by atoms with Crippen LogP contribution in [0.2, 0.25) is 5.02 Å². The number of carboxylic acid groups (broad SMARTS) is 1. The van der Waals surface area contributed by atoms with Crippen molar-refractivity contribution in [1.82, 2.24) is 9.88 Å². The number of benzene rings is 2. The summed E-state index contributed by atoms with van der Waals surface area (Å²) < 4.78 is 10.9. The van der Waals surface area contributed by atoms with Gasteiger partial charge in [-0.2, -0.15) is 0 Å². The zero-order valence-electron chi connectivity index (χ0n) is 21.5. The Hall–Kier alpha value is -3.39. The van der Waals surface area contributed by atoms with Gasteiger partial charge in [0.05, 0.1) is 11.3 Å². The number of hydrogen-bond acceptors (Lipinski definition) is 6. The molecule has 0 aliphatic carbocycles. The molecule has 1 aromatic heterocycles. The molecular formula is C30H31ClN2O5. The number of piperidine rings is 1. The second-order valence-electron chi connectivity index (χ2n) is 10.5. The Bertz CT molecular complexity index is 1370. The van der Waals surface area contributed by atoms with Gasteiger partial charge in [-0.05, 0) is 60.4 Å². The number of carbonyl (C=O) groups is 1. The first-order valence-corrected chi connectivity index (χ1v) is 13.1. The molecule has 1 fully saturated rings. The lowest BCUT2D eigenvalue weighted by atomic mass is 9.66. The molecule has 0 bridgehead atoms. The first kappa shape index (κ1) is 26.2. The lowest BCUT2D eigenvalue weighted by Crippen LogP contribution is -2.55. The third kappa shape index (κ3) is 5.14. The van der Waals surface area contributed by atoms with Crippen LogP contribution in [-0.2, 0) is 12.2 Å².